The van der Waals surface area contributed by atoms with Crippen LogP contribution in [0.5, 0.6) is 0 Å². The monoisotopic (exact) mass is 298 g/mol. The summed E-state index contributed by atoms with van der Waals surface area (Å²) < 4.78 is 0. The summed E-state index contributed by atoms with van der Waals surface area (Å²) in [5.74, 6) is 5.74. The lowest BCUT2D eigenvalue weighted by Crippen LogP contribution is -2.45. The Morgan fingerprint density at radius 1 is 0.636 bits per heavy atom. The minimum Gasteiger partial charge on any atom is -0.0845 e. The quantitative estimate of drug-likeness (QED) is 0.384. The molecule has 122 valence electrons. The van der Waals surface area contributed by atoms with Crippen LogP contribution in [0.3, 0.4) is 0 Å². The zero-order chi connectivity index (χ0) is 15.7. The summed E-state index contributed by atoms with van der Waals surface area (Å²) in [4.78, 5) is 0. The second-order valence-electron chi connectivity index (χ2n) is 11.7. The maximum absolute atomic E-state index is 2.69. The molecule has 0 spiro atoms. The number of hydrogen-bond acceptors (Lipinski definition) is 0. The van der Waals surface area contributed by atoms with Gasteiger partial charge in [0.1, 0.15) is 0 Å². The van der Waals surface area contributed by atoms with Crippen molar-refractivity contribution >= 4 is 0 Å². The average Bonchev–Trinajstić information content (AvgIpc) is 3.02. The van der Waals surface area contributed by atoms with Crippen LogP contribution in [0.15, 0.2) is 12.2 Å². The molecule has 8 unspecified atom stereocenters. The van der Waals surface area contributed by atoms with Crippen molar-refractivity contribution in [2.75, 3.05) is 0 Å². The zero-order valence-electron chi connectivity index (χ0n) is 15.4. The van der Waals surface area contributed by atoms with Crippen LogP contribution in [0.1, 0.15) is 67.2 Å². The molecule has 0 nitrogen and oxygen atoms in total. The van der Waals surface area contributed by atoms with Crippen molar-refractivity contribution in [3.8, 4) is 0 Å². The van der Waals surface area contributed by atoms with Crippen molar-refractivity contribution < 1.29 is 0 Å². The highest BCUT2D eigenvalue weighted by Crippen LogP contribution is 2.81. The van der Waals surface area contributed by atoms with Crippen LogP contribution in [-0.2, 0) is 0 Å². The Hall–Kier alpha value is -0.260. The largest absolute Gasteiger partial charge is 0.0845 e. The van der Waals surface area contributed by atoms with Gasteiger partial charge in [-0.3, -0.25) is 0 Å². The first-order chi connectivity index (χ1) is 10.1. The van der Waals surface area contributed by atoms with E-state index in [1.165, 1.54) is 25.7 Å². The molecule has 22 heavy (non-hydrogen) atoms. The van der Waals surface area contributed by atoms with Gasteiger partial charge in [0.05, 0.1) is 0 Å². The minimum atomic E-state index is 0.541. The Kier molecular flexibility index (Phi) is 2.27. The van der Waals surface area contributed by atoms with Crippen molar-refractivity contribution in [2.24, 2.45) is 57.2 Å². The van der Waals surface area contributed by atoms with E-state index in [2.05, 4.69) is 53.7 Å². The van der Waals surface area contributed by atoms with Crippen LogP contribution in [0.25, 0.3) is 0 Å². The fourth-order valence-corrected chi connectivity index (χ4v) is 9.34. The molecule has 0 aromatic heterocycles. The van der Waals surface area contributed by atoms with Gasteiger partial charge in [0, 0.05) is 0 Å². The van der Waals surface area contributed by atoms with Gasteiger partial charge in [-0.1, -0.05) is 53.7 Å². The summed E-state index contributed by atoms with van der Waals surface area (Å²) in [6, 6.07) is 0. The van der Waals surface area contributed by atoms with Gasteiger partial charge in [-0.05, 0) is 82.9 Å². The van der Waals surface area contributed by atoms with Gasteiger partial charge >= 0.3 is 0 Å². The smallest absolute Gasteiger partial charge is 0.0171 e. The summed E-state index contributed by atoms with van der Waals surface area (Å²) in [5, 5.41) is 0. The van der Waals surface area contributed by atoms with Gasteiger partial charge in [-0.2, -0.15) is 0 Å². The fraction of sp³-hybridized carbons (Fsp3) is 0.909. The molecule has 0 heterocycles. The van der Waals surface area contributed by atoms with Crippen LogP contribution < -0.4 is 0 Å². The zero-order valence-corrected chi connectivity index (χ0v) is 15.4. The van der Waals surface area contributed by atoms with Crippen molar-refractivity contribution in [1.29, 1.82) is 0 Å². The van der Waals surface area contributed by atoms with Crippen LogP contribution in [0.2, 0.25) is 0 Å². The molecule has 4 saturated carbocycles. The Bertz CT molecular complexity index is 521. The van der Waals surface area contributed by atoms with Gasteiger partial charge < -0.3 is 0 Å². The number of hydrogen-bond donors (Lipinski definition) is 0. The van der Waals surface area contributed by atoms with Gasteiger partial charge in [0.25, 0.3) is 0 Å². The number of rotatable bonds is 0. The molecular weight excluding hydrogens is 264 g/mol. The van der Waals surface area contributed by atoms with E-state index in [4.69, 9.17) is 0 Å². The Morgan fingerprint density at radius 2 is 1.09 bits per heavy atom. The molecule has 0 saturated heterocycles. The molecule has 5 aliphatic rings. The van der Waals surface area contributed by atoms with Gasteiger partial charge in [0.15, 0.2) is 0 Å². The maximum atomic E-state index is 2.69. The normalized spacial score (nSPS) is 62.3. The van der Waals surface area contributed by atoms with Crippen LogP contribution in [0.4, 0.5) is 0 Å². The van der Waals surface area contributed by atoms with Crippen molar-refractivity contribution in [2.45, 2.75) is 67.2 Å². The second-order valence-corrected chi connectivity index (χ2v) is 11.7. The Balaban J connectivity index is 1.72. The first kappa shape index (κ1) is 14.1. The summed E-state index contributed by atoms with van der Waals surface area (Å²) in [6.45, 7) is 15.8. The Morgan fingerprint density at radius 3 is 1.55 bits per heavy atom. The molecule has 5 aliphatic carbocycles. The van der Waals surface area contributed by atoms with Gasteiger partial charge in [-0.25, -0.2) is 0 Å². The second kappa shape index (κ2) is 3.55. The highest BCUT2D eigenvalue weighted by Gasteiger charge is 2.74. The molecule has 0 heteroatoms. The van der Waals surface area contributed by atoms with Crippen LogP contribution in [-0.4, -0.2) is 0 Å². The predicted octanol–water partition coefficient (Wildman–Crippen LogP) is 5.93. The minimum absolute atomic E-state index is 0.541. The Labute approximate surface area is 137 Å². The van der Waals surface area contributed by atoms with Gasteiger partial charge in [0.2, 0.25) is 0 Å². The first-order valence-electron chi connectivity index (χ1n) is 9.78. The topological polar surface area (TPSA) is 0 Å². The lowest BCUT2D eigenvalue weighted by atomic mass is 9.52. The van der Waals surface area contributed by atoms with E-state index in [-0.39, 0.29) is 0 Å². The summed E-state index contributed by atoms with van der Waals surface area (Å²) in [6.07, 6.45) is 11.2. The third kappa shape index (κ3) is 1.31. The van der Waals surface area contributed by atoms with E-state index in [0.29, 0.717) is 21.7 Å². The lowest BCUT2D eigenvalue weighted by Gasteiger charge is -2.53. The fourth-order valence-electron chi connectivity index (χ4n) is 9.34. The lowest BCUT2D eigenvalue weighted by molar-refractivity contribution is -0.0338. The number of allylic oxidation sites excluding steroid dienone is 2. The third-order valence-corrected chi connectivity index (χ3v) is 9.74. The SMILES string of the molecule is CC1(C)CC(C)(C)C2CC1C1C2C2(C)CC1(C)C1C=CC2C1. The standard InChI is InChI=1S/C22H34/c1-19(2)11-20(3,4)16-10-15(19)17-18(16)22(6)12-21(17,5)13-7-8-14(22)9-13/h7-8,13-18H,9-12H2,1-6H3. The van der Waals surface area contributed by atoms with Crippen LogP contribution >= 0.6 is 0 Å². The molecule has 0 radical (unpaired) electrons. The molecule has 0 aromatic rings. The molecular formula is C22H34. The maximum Gasteiger partial charge on any atom is -0.0171 e. The van der Waals surface area contributed by atoms with E-state index in [1.54, 1.807) is 0 Å². The molecule has 0 aliphatic heterocycles. The van der Waals surface area contributed by atoms with Crippen LogP contribution in [0, 0.1) is 57.2 Å². The van der Waals surface area contributed by atoms with Crippen molar-refractivity contribution in [3.63, 3.8) is 0 Å². The molecule has 5 rings (SSSR count). The van der Waals surface area contributed by atoms with Gasteiger partial charge in [-0.15, -0.1) is 0 Å². The van der Waals surface area contributed by atoms with E-state index in [1.807, 2.05) is 0 Å². The molecule has 0 N–H and O–H groups in total. The molecule has 8 atom stereocenters. The van der Waals surface area contributed by atoms with E-state index in [0.717, 1.165) is 35.5 Å². The van der Waals surface area contributed by atoms with Crippen molar-refractivity contribution in [3.05, 3.63) is 12.2 Å². The molecule has 0 aromatic carbocycles. The highest BCUT2D eigenvalue weighted by atomic mass is 14.8. The molecule has 0 amide bonds. The third-order valence-electron chi connectivity index (χ3n) is 9.74. The summed E-state index contributed by atoms with van der Waals surface area (Å²) in [7, 11) is 0. The number of fused-ring (bicyclic) bond motifs is 13. The highest BCUT2D eigenvalue weighted by molar-refractivity contribution is 5.28. The van der Waals surface area contributed by atoms with Crippen molar-refractivity contribution in [1.82, 2.24) is 0 Å². The summed E-state index contributed by atoms with van der Waals surface area (Å²) in [5.41, 5.74) is 2.28. The summed E-state index contributed by atoms with van der Waals surface area (Å²) >= 11 is 0. The van der Waals surface area contributed by atoms with E-state index >= 15 is 0 Å². The predicted molar refractivity (Wildman–Crippen MR) is 92.3 cm³/mol. The molecule has 6 bridgehead atoms. The first-order valence-corrected chi connectivity index (χ1v) is 9.78. The van der Waals surface area contributed by atoms with E-state index < -0.39 is 0 Å². The van der Waals surface area contributed by atoms with E-state index in [9.17, 15) is 0 Å². The molecule has 4 fully saturated rings. The average molecular weight is 299 g/mol.